The van der Waals surface area contributed by atoms with Crippen LogP contribution in [0.3, 0.4) is 0 Å². The summed E-state index contributed by atoms with van der Waals surface area (Å²) in [6.45, 7) is 3.68. The van der Waals surface area contributed by atoms with E-state index in [0.717, 1.165) is 18.9 Å². The van der Waals surface area contributed by atoms with E-state index in [9.17, 15) is 0 Å². The molecule has 1 unspecified atom stereocenters. The highest BCUT2D eigenvalue weighted by Crippen LogP contribution is 2.13. The van der Waals surface area contributed by atoms with Crippen molar-refractivity contribution in [2.75, 3.05) is 13.2 Å². The van der Waals surface area contributed by atoms with Gasteiger partial charge in [-0.25, -0.2) is 0 Å². The molecule has 0 aliphatic carbocycles. The minimum absolute atomic E-state index is 0.492. The summed E-state index contributed by atoms with van der Waals surface area (Å²) < 4.78 is 5.71. The highest BCUT2D eigenvalue weighted by atomic mass is 16.5. The monoisotopic (exact) mass is 221 g/mol. The van der Waals surface area contributed by atoms with Crippen molar-refractivity contribution in [3.8, 4) is 5.75 Å². The van der Waals surface area contributed by atoms with Gasteiger partial charge < -0.3 is 10.5 Å². The van der Waals surface area contributed by atoms with Gasteiger partial charge in [0.25, 0.3) is 0 Å². The SMILES string of the molecule is CCCCCC(CN)COc1ccccc1. The van der Waals surface area contributed by atoms with Crippen LogP contribution in [0.5, 0.6) is 5.75 Å². The summed E-state index contributed by atoms with van der Waals surface area (Å²) in [5.74, 6) is 1.43. The third kappa shape index (κ3) is 5.17. The number of hydrogen-bond acceptors (Lipinski definition) is 2. The van der Waals surface area contributed by atoms with Crippen LogP contribution in [0.1, 0.15) is 32.6 Å². The van der Waals surface area contributed by atoms with Crippen LogP contribution in [0.25, 0.3) is 0 Å². The van der Waals surface area contributed by atoms with Gasteiger partial charge in [-0.3, -0.25) is 0 Å². The summed E-state index contributed by atoms with van der Waals surface area (Å²) in [4.78, 5) is 0. The van der Waals surface area contributed by atoms with E-state index >= 15 is 0 Å². The first kappa shape index (κ1) is 13.0. The van der Waals surface area contributed by atoms with Crippen molar-refractivity contribution in [3.05, 3.63) is 30.3 Å². The normalized spacial score (nSPS) is 12.4. The van der Waals surface area contributed by atoms with Crippen molar-refractivity contribution in [2.45, 2.75) is 32.6 Å². The van der Waals surface area contributed by atoms with Gasteiger partial charge in [-0.05, 0) is 25.1 Å². The maximum absolute atomic E-state index is 5.74. The van der Waals surface area contributed by atoms with E-state index in [1.807, 2.05) is 30.3 Å². The second kappa shape index (κ2) is 8.17. The third-order valence-corrected chi connectivity index (χ3v) is 2.78. The highest BCUT2D eigenvalue weighted by Gasteiger charge is 2.07. The molecule has 0 bridgehead atoms. The molecule has 16 heavy (non-hydrogen) atoms. The molecular weight excluding hydrogens is 198 g/mol. The van der Waals surface area contributed by atoms with Crippen LogP contribution in [0, 0.1) is 5.92 Å². The molecule has 2 N–H and O–H groups in total. The molecule has 0 heterocycles. The van der Waals surface area contributed by atoms with Crippen LogP contribution >= 0.6 is 0 Å². The Hall–Kier alpha value is -1.02. The fraction of sp³-hybridized carbons (Fsp3) is 0.571. The molecule has 0 spiro atoms. The number of rotatable bonds is 8. The van der Waals surface area contributed by atoms with Crippen LogP contribution in [0.2, 0.25) is 0 Å². The van der Waals surface area contributed by atoms with E-state index in [1.54, 1.807) is 0 Å². The highest BCUT2D eigenvalue weighted by molar-refractivity contribution is 5.20. The van der Waals surface area contributed by atoms with E-state index in [1.165, 1.54) is 25.7 Å². The Morgan fingerprint density at radius 2 is 1.94 bits per heavy atom. The standard InChI is InChI=1S/C14H23NO/c1-2-3-5-8-13(11-15)12-16-14-9-6-4-7-10-14/h4,6-7,9-10,13H,2-3,5,8,11-12,15H2,1H3. The van der Waals surface area contributed by atoms with Crippen LogP contribution < -0.4 is 10.5 Å². The second-order valence-corrected chi connectivity index (χ2v) is 4.22. The number of para-hydroxylation sites is 1. The maximum Gasteiger partial charge on any atom is 0.119 e. The lowest BCUT2D eigenvalue weighted by atomic mass is 10.0. The molecule has 90 valence electrons. The Balaban J connectivity index is 2.23. The smallest absolute Gasteiger partial charge is 0.119 e. The van der Waals surface area contributed by atoms with Gasteiger partial charge in [0, 0.05) is 5.92 Å². The number of hydrogen-bond donors (Lipinski definition) is 1. The van der Waals surface area contributed by atoms with Crippen molar-refractivity contribution < 1.29 is 4.74 Å². The van der Waals surface area contributed by atoms with Gasteiger partial charge in [0.1, 0.15) is 5.75 Å². The molecule has 0 aromatic heterocycles. The maximum atomic E-state index is 5.74. The van der Waals surface area contributed by atoms with E-state index in [4.69, 9.17) is 10.5 Å². The van der Waals surface area contributed by atoms with Crippen LogP contribution in [-0.4, -0.2) is 13.2 Å². The number of unbranched alkanes of at least 4 members (excludes halogenated alkanes) is 2. The zero-order chi connectivity index (χ0) is 11.6. The van der Waals surface area contributed by atoms with Gasteiger partial charge in [0.15, 0.2) is 0 Å². The van der Waals surface area contributed by atoms with Crippen LogP contribution in [-0.2, 0) is 0 Å². The molecule has 0 radical (unpaired) electrons. The van der Waals surface area contributed by atoms with Crippen molar-refractivity contribution in [3.63, 3.8) is 0 Å². The molecule has 2 nitrogen and oxygen atoms in total. The summed E-state index contributed by atoms with van der Waals surface area (Å²) in [6.07, 6.45) is 4.99. The first-order valence-corrected chi connectivity index (χ1v) is 6.24. The zero-order valence-corrected chi connectivity index (χ0v) is 10.2. The lowest BCUT2D eigenvalue weighted by Crippen LogP contribution is -2.21. The molecule has 1 aromatic carbocycles. The summed E-state index contributed by atoms with van der Waals surface area (Å²) in [6, 6.07) is 9.95. The zero-order valence-electron chi connectivity index (χ0n) is 10.2. The average molecular weight is 221 g/mol. The van der Waals surface area contributed by atoms with Crippen molar-refractivity contribution >= 4 is 0 Å². The second-order valence-electron chi connectivity index (χ2n) is 4.22. The first-order chi connectivity index (χ1) is 7.86. The fourth-order valence-corrected chi connectivity index (χ4v) is 1.68. The predicted octanol–water partition coefficient (Wildman–Crippen LogP) is 3.22. The fourth-order valence-electron chi connectivity index (χ4n) is 1.68. The van der Waals surface area contributed by atoms with Gasteiger partial charge >= 0.3 is 0 Å². The largest absolute Gasteiger partial charge is 0.493 e. The van der Waals surface area contributed by atoms with E-state index in [2.05, 4.69) is 6.92 Å². The van der Waals surface area contributed by atoms with Gasteiger partial charge in [0.05, 0.1) is 6.61 Å². The average Bonchev–Trinajstić information content (AvgIpc) is 2.35. The Bertz CT molecular complexity index is 261. The molecule has 1 atom stereocenters. The summed E-state index contributed by atoms with van der Waals surface area (Å²) in [5, 5.41) is 0. The van der Waals surface area contributed by atoms with Crippen LogP contribution in [0.15, 0.2) is 30.3 Å². The summed E-state index contributed by atoms with van der Waals surface area (Å²) >= 11 is 0. The summed E-state index contributed by atoms with van der Waals surface area (Å²) in [7, 11) is 0. The molecule has 2 heteroatoms. The van der Waals surface area contributed by atoms with Gasteiger partial charge in [0.2, 0.25) is 0 Å². The number of nitrogens with two attached hydrogens (primary N) is 1. The lowest BCUT2D eigenvalue weighted by Gasteiger charge is -2.15. The summed E-state index contributed by atoms with van der Waals surface area (Å²) in [5.41, 5.74) is 5.74. The molecular formula is C14H23NO. The molecule has 1 rings (SSSR count). The first-order valence-electron chi connectivity index (χ1n) is 6.24. The minimum atomic E-state index is 0.492. The quantitative estimate of drug-likeness (QED) is 0.684. The molecule has 0 amide bonds. The number of ether oxygens (including phenoxy) is 1. The molecule has 0 aliphatic rings. The Kier molecular flexibility index (Phi) is 6.66. The minimum Gasteiger partial charge on any atom is -0.493 e. The molecule has 0 aliphatic heterocycles. The molecule has 0 saturated carbocycles. The van der Waals surface area contributed by atoms with E-state index in [-0.39, 0.29) is 0 Å². The Labute approximate surface area is 98.8 Å². The molecule has 0 fully saturated rings. The predicted molar refractivity (Wildman–Crippen MR) is 68.6 cm³/mol. The van der Waals surface area contributed by atoms with Crippen molar-refractivity contribution in [1.29, 1.82) is 0 Å². The van der Waals surface area contributed by atoms with Gasteiger partial charge in [-0.2, -0.15) is 0 Å². The third-order valence-electron chi connectivity index (χ3n) is 2.78. The lowest BCUT2D eigenvalue weighted by molar-refractivity contribution is 0.241. The molecule has 1 aromatic rings. The number of benzene rings is 1. The topological polar surface area (TPSA) is 35.2 Å². The van der Waals surface area contributed by atoms with Crippen molar-refractivity contribution in [1.82, 2.24) is 0 Å². The molecule has 0 saturated heterocycles. The van der Waals surface area contributed by atoms with Gasteiger partial charge in [-0.1, -0.05) is 44.4 Å². The Morgan fingerprint density at radius 3 is 2.56 bits per heavy atom. The van der Waals surface area contributed by atoms with E-state index in [0.29, 0.717) is 5.92 Å². The van der Waals surface area contributed by atoms with Crippen LogP contribution in [0.4, 0.5) is 0 Å². The van der Waals surface area contributed by atoms with Crippen molar-refractivity contribution in [2.24, 2.45) is 11.7 Å². The van der Waals surface area contributed by atoms with E-state index < -0.39 is 0 Å². The Morgan fingerprint density at radius 1 is 1.19 bits per heavy atom. The van der Waals surface area contributed by atoms with Gasteiger partial charge in [-0.15, -0.1) is 0 Å².